The number of amidine groups is 1. The van der Waals surface area contributed by atoms with Crippen LogP contribution in [-0.4, -0.2) is 24.6 Å². The van der Waals surface area contributed by atoms with Gasteiger partial charge in [-0.1, -0.05) is 40.9 Å². The molecule has 0 bridgehead atoms. The molecule has 2 N–H and O–H groups in total. The Morgan fingerprint density at radius 3 is 2.52 bits per heavy atom. The Hall–Kier alpha value is -2.00. The van der Waals surface area contributed by atoms with Crippen molar-refractivity contribution in [3.63, 3.8) is 0 Å². The molecule has 0 spiro atoms. The number of sulfonamides is 1. The van der Waals surface area contributed by atoms with Crippen LogP contribution in [0.25, 0.3) is 6.08 Å². The maximum Gasteiger partial charge on any atom is 0.284 e. The third-order valence-corrected chi connectivity index (χ3v) is 6.34. The number of carbonyl (C=O) groups excluding carboxylic acids is 1. The van der Waals surface area contributed by atoms with E-state index in [9.17, 15) is 18.3 Å². The fraction of sp³-hybridized carbons (Fsp3) is 0.0588. The fourth-order valence-corrected chi connectivity index (χ4v) is 4.66. The molecule has 0 saturated carbocycles. The summed E-state index contributed by atoms with van der Waals surface area (Å²) in [6.45, 7) is 1.84. The van der Waals surface area contributed by atoms with Gasteiger partial charge < -0.3 is 5.11 Å². The summed E-state index contributed by atoms with van der Waals surface area (Å²) in [4.78, 5) is 12.3. The molecule has 0 aliphatic carbocycles. The van der Waals surface area contributed by atoms with Crippen LogP contribution >= 0.6 is 35.0 Å². The number of benzene rings is 2. The summed E-state index contributed by atoms with van der Waals surface area (Å²) in [6, 6.07) is 9.00. The predicted octanol–water partition coefficient (Wildman–Crippen LogP) is 3.96. The summed E-state index contributed by atoms with van der Waals surface area (Å²) >= 11 is 12.6. The number of hydrogen-bond donors (Lipinski definition) is 2. The van der Waals surface area contributed by atoms with Gasteiger partial charge in [-0.2, -0.15) is 8.42 Å². The highest BCUT2D eigenvalue weighted by atomic mass is 35.5. The van der Waals surface area contributed by atoms with E-state index in [1.54, 1.807) is 12.1 Å². The molecule has 1 fully saturated rings. The van der Waals surface area contributed by atoms with Crippen LogP contribution < -0.4 is 5.32 Å². The minimum absolute atomic E-state index is 0.0205. The van der Waals surface area contributed by atoms with E-state index in [1.807, 2.05) is 6.92 Å². The van der Waals surface area contributed by atoms with Gasteiger partial charge in [-0.15, -0.1) is 4.40 Å². The highest BCUT2D eigenvalue weighted by Crippen LogP contribution is 2.35. The van der Waals surface area contributed by atoms with Gasteiger partial charge in [-0.25, -0.2) is 0 Å². The van der Waals surface area contributed by atoms with Crippen molar-refractivity contribution in [1.29, 1.82) is 0 Å². The van der Waals surface area contributed by atoms with E-state index in [2.05, 4.69) is 9.71 Å². The lowest BCUT2D eigenvalue weighted by molar-refractivity contribution is -0.115. The number of hydrogen-bond acceptors (Lipinski definition) is 5. The SMILES string of the molecule is Cc1ccc(S(=O)(=O)N=C2NC(=O)C(=Cc3cc(Cl)cc(Cl)c3O)S2)cc1. The number of aromatic hydroxyl groups is 1. The first kappa shape index (κ1) is 19.8. The van der Waals surface area contributed by atoms with Crippen molar-refractivity contribution in [2.24, 2.45) is 4.40 Å². The Bertz CT molecular complexity index is 1090. The zero-order valence-electron chi connectivity index (χ0n) is 13.7. The van der Waals surface area contributed by atoms with E-state index < -0.39 is 15.9 Å². The molecule has 2 aromatic rings. The third kappa shape index (κ3) is 4.47. The minimum Gasteiger partial charge on any atom is -0.506 e. The Balaban J connectivity index is 1.91. The summed E-state index contributed by atoms with van der Waals surface area (Å²) in [7, 11) is -3.97. The number of carbonyl (C=O) groups is 1. The van der Waals surface area contributed by atoms with Crippen LogP contribution in [0, 0.1) is 6.92 Å². The topological polar surface area (TPSA) is 95.8 Å². The molecule has 6 nitrogen and oxygen atoms in total. The van der Waals surface area contributed by atoms with Crippen LogP contribution in [0.2, 0.25) is 10.0 Å². The Labute approximate surface area is 170 Å². The molecule has 10 heteroatoms. The van der Waals surface area contributed by atoms with Crippen molar-refractivity contribution in [3.05, 3.63) is 62.5 Å². The van der Waals surface area contributed by atoms with Gasteiger partial charge in [0.05, 0.1) is 14.8 Å². The molecular weight excluding hydrogens is 431 g/mol. The lowest BCUT2D eigenvalue weighted by atomic mass is 10.2. The number of nitrogens with zero attached hydrogens (tertiary/aromatic N) is 1. The molecule has 0 atom stereocenters. The van der Waals surface area contributed by atoms with Crippen LogP contribution in [0.5, 0.6) is 5.75 Å². The van der Waals surface area contributed by atoms with E-state index in [0.29, 0.717) is 0 Å². The van der Waals surface area contributed by atoms with Crippen molar-refractivity contribution in [2.75, 3.05) is 0 Å². The second-order valence-corrected chi connectivity index (χ2v) is 9.05. The van der Waals surface area contributed by atoms with Crippen LogP contribution in [0.3, 0.4) is 0 Å². The van der Waals surface area contributed by atoms with Gasteiger partial charge in [0.2, 0.25) is 0 Å². The highest BCUT2D eigenvalue weighted by molar-refractivity contribution is 8.19. The van der Waals surface area contributed by atoms with Gasteiger partial charge in [0.25, 0.3) is 15.9 Å². The molecule has 1 saturated heterocycles. The van der Waals surface area contributed by atoms with Gasteiger partial charge in [-0.3, -0.25) is 10.1 Å². The van der Waals surface area contributed by atoms with Crippen LogP contribution in [0.4, 0.5) is 0 Å². The van der Waals surface area contributed by atoms with E-state index in [4.69, 9.17) is 23.2 Å². The lowest BCUT2D eigenvalue weighted by Crippen LogP contribution is -2.20. The first-order valence-corrected chi connectivity index (χ1v) is 10.5. The smallest absolute Gasteiger partial charge is 0.284 e. The lowest BCUT2D eigenvalue weighted by Gasteiger charge is -2.03. The highest BCUT2D eigenvalue weighted by Gasteiger charge is 2.27. The van der Waals surface area contributed by atoms with Gasteiger partial charge in [-0.05, 0) is 49.0 Å². The van der Waals surface area contributed by atoms with E-state index >= 15 is 0 Å². The third-order valence-electron chi connectivity index (χ3n) is 3.52. The molecule has 0 radical (unpaired) electrons. The zero-order chi connectivity index (χ0) is 19.8. The molecule has 27 heavy (non-hydrogen) atoms. The Morgan fingerprint density at radius 2 is 1.85 bits per heavy atom. The molecule has 3 rings (SSSR count). The number of phenolic OH excluding ortho intramolecular Hbond substituents is 1. The van der Waals surface area contributed by atoms with Gasteiger partial charge >= 0.3 is 0 Å². The first-order chi connectivity index (χ1) is 12.7. The molecule has 140 valence electrons. The number of phenols is 1. The Kier molecular flexibility index (Phi) is 5.53. The molecule has 1 heterocycles. The van der Waals surface area contributed by atoms with Crippen molar-refractivity contribution in [3.8, 4) is 5.75 Å². The van der Waals surface area contributed by atoms with E-state index in [-0.39, 0.29) is 36.3 Å². The molecule has 1 aliphatic rings. The monoisotopic (exact) mass is 442 g/mol. The normalized spacial score (nSPS) is 17.5. The van der Waals surface area contributed by atoms with E-state index in [1.165, 1.54) is 30.3 Å². The summed E-state index contributed by atoms with van der Waals surface area (Å²) in [6.07, 6.45) is 1.36. The molecule has 0 aromatic heterocycles. The molecular formula is C17H12Cl2N2O4S2. The van der Waals surface area contributed by atoms with Gasteiger partial charge in [0.1, 0.15) is 5.75 Å². The number of rotatable bonds is 3. The van der Waals surface area contributed by atoms with Crippen LogP contribution in [0.1, 0.15) is 11.1 Å². The minimum atomic E-state index is -3.97. The predicted molar refractivity (Wildman–Crippen MR) is 108 cm³/mol. The maximum absolute atomic E-state index is 12.4. The number of nitrogens with one attached hydrogen (secondary N) is 1. The number of thioether (sulfide) groups is 1. The summed E-state index contributed by atoms with van der Waals surface area (Å²) < 4.78 is 28.4. The van der Waals surface area contributed by atoms with Gasteiger partial charge in [0, 0.05) is 10.6 Å². The standard InChI is InChI=1S/C17H12Cl2N2O4S2/c1-9-2-4-12(5-3-9)27(24,25)21-17-20-16(23)14(26-17)7-10-6-11(18)8-13(19)15(10)22/h2-8,22H,1H3,(H,20,21,23). The van der Waals surface area contributed by atoms with Crippen molar-refractivity contribution < 1.29 is 18.3 Å². The fourth-order valence-electron chi connectivity index (χ4n) is 2.18. The second-order valence-electron chi connectivity index (χ2n) is 5.57. The largest absolute Gasteiger partial charge is 0.506 e. The van der Waals surface area contributed by atoms with Gasteiger partial charge in [0.15, 0.2) is 5.17 Å². The number of halogens is 2. The van der Waals surface area contributed by atoms with E-state index in [0.717, 1.165) is 17.3 Å². The number of aryl methyl sites for hydroxylation is 1. The second kappa shape index (κ2) is 7.55. The van der Waals surface area contributed by atoms with Crippen LogP contribution in [0.15, 0.2) is 50.6 Å². The molecule has 2 aromatic carbocycles. The average Bonchev–Trinajstić information content (AvgIpc) is 2.91. The Morgan fingerprint density at radius 1 is 1.19 bits per heavy atom. The quantitative estimate of drug-likeness (QED) is 0.701. The average molecular weight is 443 g/mol. The number of amides is 1. The molecule has 1 aliphatic heterocycles. The zero-order valence-corrected chi connectivity index (χ0v) is 16.9. The molecule has 1 amide bonds. The van der Waals surface area contributed by atoms with Crippen LogP contribution in [-0.2, 0) is 14.8 Å². The maximum atomic E-state index is 12.4. The molecule has 0 unspecified atom stereocenters. The first-order valence-electron chi connectivity index (χ1n) is 7.46. The van der Waals surface area contributed by atoms with Crippen molar-refractivity contribution >= 4 is 62.1 Å². The van der Waals surface area contributed by atoms with Crippen molar-refractivity contribution in [2.45, 2.75) is 11.8 Å². The van der Waals surface area contributed by atoms with Crippen molar-refractivity contribution in [1.82, 2.24) is 5.32 Å². The summed E-state index contributed by atoms with van der Waals surface area (Å²) in [5, 5.41) is 12.6. The summed E-state index contributed by atoms with van der Waals surface area (Å²) in [5.74, 6) is -0.784. The summed E-state index contributed by atoms with van der Waals surface area (Å²) in [5.41, 5.74) is 1.14.